The number of aliphatic carboxylic acids is 1. The number of hydrogen-bond donors (Lipinski definition) is 1. The van der Waals surface area contributed by atoms with Gasteiger partial charge in [-0.25, -0.2) is 0 Å². The van der Waals surface area contributed by atoms with E-state index in [-0.39, 0.29) is 13.1 Å². The molecule has 1 aromatic carbocycles. The molecule has 0 saturated carbocycles. The molecule has 0 aromatic heterocycles. The van der Waals surface area contributed by atoms with Crippen LogP contribution in [0.4, 0.5) is 0 Å². The van der Waals surface area contributed by atoms with Gasteiger partial charge in [-0.05, 0) is 34.1 Å². The molecule has 1 N–H and O–H groups in total. The number of rotatable bonds is 5. The van der Waals surface area contributed by atoms with Gasteiger partial charge in [0.05, 0.1) is 5.02 Å². The zero-order chi connectivity index (χ0) is 13.7. The summed E-state index contributed by atoms with van der Waals surface area (Å²) in [6.07, 6.45) is 1.47. The van der Waals surface area contributed by atoms with Crippen molar-refractivity contribution in [3.8, 4) is 0 Å². The van der Waals surface area contributed by atoms with Gasteiger partial charge in [0.1, 0.15) is 6.54 Å². The highest BCUT2D eigenvalue weighted by molar-refractivity contribution is 9.10. The summed E-state index contributed by atoms with van der Waals surface area (Å²) in [7, 11) is 0. The molecule has 6 heteroatoms. The zero-order valence-corrected chi connectivity index (χ0v) is 11.7. The quantitative estimate of drug-likeness (QED) is 0.844. The molecule has 18 heavy (non-hydrogen) atoms. The topological polar surface area (TPSA) is 57.6 Å². The molecule has 0 aliphatic rings. The lowest BCUT2D eigenvalue weighted by Crippen LogP contribution is -2.35. The van der Waals surface area contributed by atoms with Crippen molar-refractivity contribution in [2.24, 2.45) is 0 Å². The van der Waals surface area contributed by atoms with Crippen LogP contribution in [0.2, 0.25) is 5.02 Å². The Kier molecular flexibility index (Phi) is 5.37. The maximum atomic E-state index is 12.1. The Morgan fingerprint density at radius 3 is 2.67 bits per heavy atom. The number of carboxylic acid groups (broad SMARTS) is 1. The normalized spacial score (nSPS) is 9.89. The first-order valence-corrected chi connectivity index (χ1v) is 6.19. The van der Waals surface area contributed by atoms with Crippen LogP contribution in [0.1, 0.15) is 10.4 Å². The van der Waals surface area contributed by atoms with Crippen molar-refractivity contribution in [2.75, 3.05) is 13.1 Å². The Morgan fingerprint density at radius 1 is 1.50 bits per heavy atom. The number of amides is 1. The van der Waals surface area contributed by atoms with E-state index in [0.29, 0.717) is 15.1 Å². The highest BCUT2D eigenvalue weighted by Crippen LogP contribution is 2.23. The van der Waals surface area contributed by atoms with Gasteiger partial charge in [0.15, 0.2) is 0 Å². The third-order valence-corrected chi connectivity index (χ3v) is 3.36. The maximum Gasteiger partial charge on any atom is 0.323 e. The summed E-state index contributed by atoms with van der Waals surface area (Å²) in [6, 6.07) is 4.71. The molecule has 0 radical (unpaired) electrons. The predicted molar refractivity (Wildman–Crippen MR) is 72.9 cm³/mol. The lowest BCUT2D eigenvalue weighted by atomic mass is 10.2. The van der Waals surface area contributed by atoms with Gasteiger partial charge in [0.2, 0.25) is 0 Å². The molecule has 1 aromatic rings. The first-order valence-electron chi connectivity index (χ1n) is 5.02. The molecule has 0 fully saturated rings. The molecule has 0 atom stereocenters. The monoisotopic (exact) mass is 331 g/mol. The van der Waals surface area contributed by atoms with Gasteiger partial charge in [0, 0.05) is 16.6 Å². The Morgan fingerprint density at radius 2 is 2.17 bits per heavy atom. The van der Waals surface area contributed by atoms with Crippen molar-refractivity contribution in [3.05, 3.63) is 45.9 Å². The fraction of sp³-hybridized carbons (Fsp3) is 0.167. The molecule has 4 nitrogen and oxygen atoms in total. The van der Waals surface area contributed by atoms with Crippen LogP contribution in [0.3, 0.4) is 0 Å². The zero-order valence-electron chi connectivity index (χ0n) is 9.40. The van der Waals surface area contributed by atoms with E-state index < -0.39 is 11.9 Å². The first kappa shape index (κ1) is 14.7. The second-order valence-electron chi connectivity index (χ2n) is 3.50. The average Bonchev–Trinajstić information content (AvgIpc) is 2.31. The molecule has 96 valence electrons. The van der Waals surface area contributed by atoms with E-state index in [2.05, 4.69) is 22.5 Å². The van der Waals surface area contributed by atoms with E-state index >= 15 is 0 Å². The highest BCUT2D eigenvalue weighted by Gasteiger charge is 2.17. The number of carbonyl (C=O) groups is 2. The van der Waals surface area contributed by atoms with Crippen molar-refractivity contribution in [3.63, 3.8) is 0 Å². The van der Waals surface area contributed by atoms with Crippen LogP contribution >= 0.6 is 27.5 Å². The SMILES string of the molecule is C=CCN(CC(=O)O)C(=O)c1ccc(Br)c(Cl)c1. The van der Waals surface area contributed by atoms with Gasteiger partial charge in [-0.1, -0.05) is 17.7 Å². The van der Waals surface area contributed by atoms with Gasteiger partial charge in [-0.2, -0.15) is 0 Å². The van der Waals surface area contributed by atoms with Gasteiger partial charge < -0.3 is 10.0 Å². The van der Waals surface area contributed by atoms with Crippen LogP contribution in [0.5, 0.6) is 0 Å². The van der Waals surface area contributed by atoms with Crippen LogP contribution in [0.15, 0.2) is 35.3 Å². The minimum Gasteiger partial charge on any atom is -0.480 e. The van der Waals surface area contributed by atoms with Gasteiger partial charge >= 0.3 is 5.97 Å². The summed E-state index contributed by atoms with van der Waals surface area (Å²) in [4.78, 5) is 23.9. The fourth-order valence-electron chi connectivity index (χ4n) is 1.35. The first-order chi connectivity index (χ1) is 8.45. The second-order valence-corrected chi connectivity index (χ2v) is 4.76. The molecule has 0 heterocycles. The van der Waals surface area contributed by atoms with Gasteiger partial charge in [-0.15, -0.1) is 6.58 Å². The fourth-order valence-corrected chi connectivity index (χ4v) is 1.78. The van der Waals surface area contributed by atoms with E-state index in [4.69, 9.17) is 16.7 Å². The van der Waals surface area contributed by atoms with Crippen molar-refractivity contribution in [1.29, 1.82) is 0 Å². The summed E-state index contributed by atoms with van der Waals surface area (Å²) in [6.45, 7) is 3.28. The summed E-state index contributed by atoms with van der Waals surface area (Å²) in [5, 5.41) is 9.14. The minimum absolute atomic E-state index is 0.165. The largest absolute Gasteiger partial charge is 0.480 e. The molecule has 1 amide bonds. The van der Waals surface area contributed by atoms with Crippen molar-refractivity contribution in [1.82, 2.24) is 4.90 Å². The number of hydrogen-bond acceptors (Lipinski definition) is 2. The third-order valence-electron chi connectivity index (χ3n) is 2.13. The molecular weight excluding hydrogens is 321 g/mol. The van der Waals surface area contributed by atoms with Crippen molar-refractivity contribution >= 4 is 39.4 Å². The Labute approximate surface area is 118 Å². The molecule has 0 bridgehead atoms. The van der Waals surface area contributed by atoms with Crippen molar-refractivity contribution < 1.29 is 14.7 Å². The standard InChI is InChI=1S/C12H11BrClNO3/c1-2-5-15(7-11(16)17)12(18)8-3-4-9(13)10(14)6-8/h2-4,6H,1,5,7H2,(H,16,17). The Balaban J connectivity index is 2.97. The molecule has 0 saturated heterocycles. The number of nitrogens with zero attached hydrogens (tertiary/aromatic N) is 1. The lowest BCUT2D eigenvalue weighted by Gasteiger charge is -2.19. The second kappa shape index (κ2) is 6.56. The summed E-state index contributed by atoms with van der Waals surface area (Å²) in [5.41, 5.74) is 0.339. The van der Waals surface area contributed by atoms with Crippen molar-refractivity contribution in [2.45, 2.75) is 0 Å². The third kappa shape index (κ3) is 3.85. The van der Waals surface area contributed by atoms with Crippen LogP contribution < -0.4 is 0 Å². The summed E-state index contributed by atoms with van der Waals surface area (Å²) < 4.78 is 0.675. The average molecular weight is 333 g/mol. The van der Waals surface area contributed by atoms with E-state index in [1.807, 2.05) is 0 Å². The lowest BCUT2D eigenvalue weighted by molar-refractivity contribution is -0.137. The van der Waals surface area contributed by atoms with Gasteiger partial charge in [0.25, 0.3) is 5.91 Å². The summed E-state index contributed by atoms with van der Waals surface area (Å²) in [5.74, 6) is -1.47. The Hall–Kier alpha value is -1.33. The Bertz CT molecular complexity index is 490. The molecule has 0 aliphatic heterocycles. The van der Waals surface area contributed by atoms with Gasteiger partial charge in [-0.3, -0.25) is 9.59 Å². The number of benzene rings is 1. The van der Waals surface area contributed by atoms with Crippen LogP contribution in [0.25, 0.3) is 0 Å². The van der Waals surface area contributed by atoms with Crippen LogP contribution in [-0.4, -0.2) is 35.0 Å². The molecule has 0 unspecified atom stereocenters. The highest BCUT2D eigenvalue weighted by atomic mass is 79.9. The van der Waals surface area contributed by atoms with E-state index in [9.17, 15) is 9.59 Å². The number of halogens is 2. The number of carbonyl (C=O) groups excluding carboxylic acids is 1. The molecule has 0 aliphatic carbocycles. The smallest absolute Gasteiger partial charge is 0.323 e. The molecular formula is C12H11BrClNO3. The van der Waals surface area contributed by atoms with E-state index in [0.717, 1.165) is 0 Å². The van der Waals surface area contributed by atoms with E-state index in [1.165, 1.54) is 17.0 Å². The van der Waals surface area contributed by atoms with Crippen LogP contribution in [0, 0.1) is 0 Å². The summed E-state index contributed by atoms with van der Waals surface area (Å²) >= 11 is 9.11. The van der Waals surface area contributed by atoms with E-state index in [1.54, 1.807) is 12.1 Å². The maximum absolute atomic E-state index is 12.1. The number of carboxylic acids is 1. The minimum atomic E-state index is -1.08. The molecule has 0 spiro atoms. The van der Waals surface area contributed by atoms with Crippen LogP contribution in [-0.2, 0) is 4.79 Å². The predicted octanol–water partition coefficient (Wildman–Crippen LogP) is 2.82. The molecule has 1 rings (SSSR count).